The van der Waals surface area contributed by atoms with Gasteiger partial charge in [-0.1, -0.05) is 0 Å². The molecule has 0 radical (unpaired) electrons. The number of aromatic nitrogens is 4. The van der Waals surface area contributed by atoms with Crippen molar-refractivity contribution in [1.82, 2.24) is 19.3 Å². The Balaban J connectivity index is 0.000000218. The van der Waals surface area contributed by atoms with Gasteiger partial charge in [0.25, 0.3) is 16.8 Å². The number of β-amino-alcohol motifs (C(OH)–C–C–N with tert-alkyl or cyclic N) is 1. The number of rotatable bonds is 7. The molecule has 25 heteroatoms. The number of aliphatic hydroxyl groups is 1. The second-order valence-corrected chi connectivity index (χ2v) is 13.5. The summed E-state index contributed by atoms with van der Waals surface area (Å²) >= 11 is 0. The summed E-state index contributed by atoms with van der Waals surface area (Å²) in [5.74, 6) is -1.29. The zero-order valence-electron chi connectivity index (χ0n) is 23.8. The number of aromatic amines is 2. The highest BCUT2D eigenvalue weighted by atomic mass is 32.2. The van der Waals surface area contributed by atoms with Gasteiger partial charge in [-0.25, -0.2) is 36.1 Å². The summed E-state index contributed by atoms with van der Waals surface area (Å²) in [6.07, 6.45) is 1.25. The summed E-state index contributed by atoms with van der Waals surface area (Å²) in [6, 6.07) is 3.48. The predicted octanol–water partition coefficient (Wildman–Crippen LogP) is -2.09. The zero-order valence-corrected chi connectivity index (χ0v) is 25.4. The minimum atomic E-state index is -3.93. The van der Waals surface area contributed by atoms with Gasteiger partial charge < -0.3 is 20.0 Å². The molecule has 4 aromatic rings. The Morgan fingerprint density at radius 2 is 1.28 bits per heavy atom. The molecule has 0 saturated carbocycles. The van der Waals surface area contributed by atoms with E-state index in [0.29, 0.717) is 31.4 Å². The van der Waals surface area contributed by atoms with E-state index in [9.17, 15) is 65.7 Å². The van der Waals surface area contributed by atoms with Crippen LogP contribution in [0.3, 0.4) is 0 Å². The number of benzene rings is 2. The highest BCUT2D eigenvalue weighted by molar-refractivity contribution is 7.91. The van der Waals surface area contributed by atoms with Crippen LogP contribution in [0, 0.1) is 26.0 Å². The average molecular weight is 704 g/mol. The first-order valence-corrected chi connectivity index (χ1v) is 16.4. The van der Waals surface area contributed by atoms with Crippen molar-refractivity contribution >= 4 is 58.9 Å². The number of hydrogen-bond acceptors (Lipinski definition) is 14. The molecule has 2 aromatic carbocycles. The average Bonchev–Trinajstić information content (AvgIpc) is 3.38. The maximum atomic E-state index is 13.5. The normalized spacial score (nSPS) is 14.9. The minimum absolute atomic E-state index is 0.0956. The third kappa shape index (κ3) is 7.42. The maximum Gasteiger partial charge on any atom is 0.348 e. The number of anilines is 1. The van der Waals surface area contributed by atoms with E-state index in [1.54, 1.807) is 14.6 Å². The molecule has 3 heterocycles. The van der Waals surface area contributed by atoms with Crippen molar-refractivity contribution in [3.63, 3.8) is 0 Å². The maximum absolute atomic E-state index is 13.5. The molecule has 22 nitrogen and oxygen atoms in total. The van der Waals surface area contributed by atoms with Crippen LogP contribution in [-0.2, 0) is 20.0 Å². The Morgan fingerprint density at radius 1 is 0.830 bits per heavy atom. The number of sulfonamides is 2. The van der Waals surface area contributed by atoms with Crippen LogP contribution in [0.1, 0.15) is 6.42 Å². The first-order valence-electron chi connectivity index (χ1n) is 12.7. The molecule has 0 amide bonds. The molecule has 1 fully saturated rings. The van der Waals surface area contributed by atoms with Crippen molar-refractivity contribution < 1.29 is 36.2 Å². The van der Waals surface area contributed by atoms with Crippen molar-refractivity contribution in [1.29, 1.82) is 0 Å². The molecule has 1 saturated heterocycles. The number of H-pyrrole nitrogens is 2. The zero-order chi connectivity index (χ0) is 35.2. The number of nitro groups is 2. The van der Waals surface area contributed by atoms with E-state index < -0.39 is 75.4 Å². The van der Waals surface area contributed by atoms with Crippen molar-refractivity contribution in [3.05, 3.63) is 92.0 Å². The van der Waals surface area contributed by atoms with Crippen LogP contribution in [0.15, 0.2) is 43.4 Å². The van der Waals surface area contributed by atoms with Crippen molar-refractivity contribution in [2.45, 2.75) is 12.5 Å². The first kappa shape index (κ1) is 34.2. The van der Waals surface area contributed by atoms with E-state index in [1.165, 1.54) is 6.07 Å². The lowest BCUT2D eigenvalue weighted by atomic mass is 10.1. The molecule has 0 aliphatic carbocycles. The molecule has 5 N–H and O–H groups in total. The number of halogens is 1. The third-order valence-corrected chi connectivity index (χ3v) is 7.40. The molecule has 0 unspecified atom stereocenters. The van der Waals surface area contributed by atoms with E-state index in [4.69, 9.17) is 0 Å². The van der Waals surface area contributed by atoms with E-state index >= 15 is 0 Å². The van der Waals surface area contributed by atoms with Gasteiger partial charge in [-0.2, -0.15) is 13.7 Å². The molecule has 0 spiro atoms. The van der Waals surface area contributed by atoms with Crippen LogP contribution in [0.2, 0.25) is 0 Å². The third-order valence-electron chi connectivity index (χ3n) is 6.37. The monoisotopic (exact) mass is 703 g/mol. The van der Waals surface area contributed by atoms with Gasteiger partial charge in [-0.3, -0.25) is 29.8 Å². The van der Waals surface area contributed by atoms with Gasteiger partial charge in [0.1, 0.15) is 5.69 Å². The van der Waals surface area contributed by atoms with Crippen LogP contribution < -0.4 is 37.1 Å². The lowest BCUT2D eigenvalue weighted by molar-refractivity contribution is -0.387. The number of nitrogens with zero attached hydrogens (tertiary/aromatic N) is 5. The standard InChI is InChI=1S/C13H15N5O7S.C9H7FN4O6S/c1-26(24,25)15-17-12(20)8-4-10(16-3-2-7(19)6-16)11(18(22)23)5-9(8)14-13(17)21;1-21(19,20)12-13-8(15)4-2-5(10)7(14(17)18)3-6(4)11-9(13)16/h4-5,7,15,19H,2-3,6H2,1H3,(H,14,21);2-3,12H,1H3,(H,11,16)/t7-;/m0./s1. The summed E-state index contributed by atoms with van der Waals surface area (Å²) < 4.78 is 58.7. The second-order valence-electron chi connectivity index (χ2n) is 10.0. The highest BCUT2D eigenvalue weighted by Crippen LogP contribution is 2.33. The molecular weight excluding hydrogens is 681 g/mol. The number of hydrogen-bond donors (Lipinski definition) is 5. The highest BCUT2D eigenvalue weighted by Gasteiger charge is 2.28. The Hall–Kier alpha value is -5.69. The molecule has 2 aromatic heterocycles. The predicted molar refractivity (Wildman–Crippen MR) is 162 cm³/mol. The Morgan fingerprint density at radius 3 is 1.68 bits per heavy atom. The Kier molecular flexibility index (Phi) is 8.91. The number of nitro benzene ring substituents is 2. The molecule has 47 heavy (non-hydrogen) atoms. The smallest absolute Gasteiger partial charge is 0.348 e. The fraction of sp³-hybridized carbons (Fsp3) is 0.273. The summed E-state index contributed by atoms with van der Waals surface area (Å²) in [7, 11) is -7.84. The van der Waals surface area contributed by atoms with Gasteiger partial charge in [-0.15, -0.1) is 0 Å². The van der Waals surface area contributed by atoms with Gasteiger partial charge in [0, 0.05) is 25.2 Å². The first-order chi connectivity index (χ1) is 21.7. The quantitative estimate of drug-likeness (QED) is 0.102. The van der Waals surface area contributed by atoms with Crippen molar-refractivity contribution in [2.24, 2.45) is 0 Å². The lowest BCUT2D eigenvalue weighted by Crippen LogP contribution is -2.43. The van der Waals surface area contributed by atoms with Gasteiger partial charge >= 0.3 is 17.1 Å². The number of nitrogens with one attached hydrogen (secondary N) is 4. The molecule has 1 aliphatic heterocycles. The van der Waals surface area contributed by atoms with E-state index in [-0.39, 0.29) is 43.7 Å². The summed E-state index contributed by atoms with van der Waals surface area (Å²) in [6.45, 7) is 0.512. The van der Waals surface area contributed by atoms with Crippen molar-refractivity contribution in [2.75, 3.05) is 40.2 Å². The van der Waals surface area contributed by atoms with E-state index in [1.807, 2.05) is 0 Å². The van der Waals surface area contributed by atoms with Crippen molar-refractivity contribution in [3.8, 4) is 0 Å². The number of fused-ring (bicyclic) bond motifs is 2. The molecule has 252 valence electrons. The van der Waals surface area contributed by atoms with Gasteiger partial charge in [-0.05, 0) is 18.6 Å². The molecular formula is C22H22FN9O13S2. The lowest BCUT2D eigenvalue weighted by Gasteiger charge is -2.18. The summed E-state index contributed by atoms with van der Waals surface area (Å²) in [4.78, 5) is 77.6. The van der Waals surface area contributed by atoms with Crippen LogP contribution in [0.5, 0.6) is 0 Å². The van der Waals surface area contributed by atoms with E-state index in [2.05, 4.69) is 9.97 Å². The van der Waals surface area contributed by atoms with Crippen LogP contribution in [-0.4, -0.2) is 82.8 Å². The van der Waals surface area contributed by atoms with Crippen LogP contribution in [0.25, 0.3) is 21.8 Å². The Bertz CT molecular complexity index is 2440. The fourth-order valence-corrected chi connectivity index (χ4v) is 5.46. The summed E-state index contributed by atoms with van der Waals surface area (Å²) in [5, 5.41) is 31.1. The number of aliphatic hydroxyl groups excluding tert-OH is 1. The van der Waals surface area contributed by atoms with Crippen LogP contribution in [0.4, 0.5) is 21.5 Å². The molecule has 0 bridgehead atoms. The molecule has 1 atom stereocenters. The SMILES string of the molecule is CS(=O)(=O)Nn1c(=O)[nH]c2cc([N+](=O)[O-])c(F)cc2c1=O.CS(=O)(=O)Nn1c(=O)[nH]c2cc([N+](=O)[O-])c(N3CC[C@H](O)C3)cc2c1=O. The van der Waals surface area contributed by atoms with Gasteiger partial charge in [0.15, 0.2) is 0 Å². The topological polar surface area (TPSA) is 312 Å². The largest absolute Gasteiger partial charge is 0.391 e. The fourth-order valence-electron chi connectivity index (χ4n) is 4.46. The van der Waals surface area contributed by atoms with Crippen LogP contribution >= 0.6 is 0 Å². The minimum Gasteiger partial charge on any atom is -0.391 e. The second kappa shape index (κ2) is 12.2. The van der Waals surface area contributed by atoms with Gasteiger partial charge in [0.05, 0.1) is 50.3 Å². The molecule has 5 rings (SSSR count). The van der Waals surface area contributed by atoms with E-state index in [0.717, 1.165) is 12.3 Å². The summed E-state index contributed by atoms with van der Waals surface area (Å²) in [5.41, 5.74) is -5.91. The van der Waals surface area contributed by atoms with Gasteiger partial charge in [0.2, 0.25) is 25.9 Å². The molecule has 1 aliphatic rings. The Labute approximate surface area is 259 Å².